The molecule has 0 unspecified atom stereocenters. The van der Waals surface area contributed by atoms with Crippen LogP contribution in [0.1, 0.15) is 0 Å². The highest BCUT2D eigenvalue weighted by Crippen LogP contribution is 2.26. The first-order valence-corrected chi connectivity index (χ1v) is 14.0. The van der Waals surface area contributed by atoms with Gasteiger partial charge in [-0.25, -0.2) is 9.59 Å². The van der Waals surface area contributed by atoms with E-state index in [1.54, 1.807) is 0 Å². The maximum Gasteiger partial charge on any atom is 0.127 e. The van der Waals surface area contributed by atoms with Gasteiger partial charge in [-0.1, -0.05) is 97.2 Å². The molecule has 0 saturated heterocycles. The highest BCUT2D eigenvalue weighted by molar-refractivity contribution is 7.04. The molecule has 0 aromatic heterocycles. The molecule has 0 saturated carbocycles. The van der Waals surface area contributed by atoms with E-state index in [2.05, 4.69) is 38.1 Å². The van der Waals surface area contributed by atoms with Crippen LogP contribution in [0.3, 0.4) is 0 Å². The molecule has 2 rings (SSSR count). The summed E-state index contributed by atoms with van der Waals surface area (Å²) in [6, 6.07) is 19.9. The van der Waals surface area contributed by atoms with Crippen LogP contribution in [0.15, 0.2) is 71.1 Å². The summed E-state index contributed by atoms with van der Waals surface area (Å²) in [5, 5.41) is 3.33. The first-order valence-electron chi connectivity index (χ1n) is 7.98. The lowest BCUT2D eigenvalue weighted by molar-refractivity contribution is 0.565. The third-order valence-corrected chi connectivity index (χ3v) is 11.7. The molecular weight excluding hydrogens is 328 g/mol. The van der Waals surface area contributed by atoms with Crippen LogP contribution in [0.4, 0.5) is 0 Å². The van der Waals surface area contributed by atoms with Crippen molar-refractivity contribution in [2.24, 2.45) is 0 Å². The normalized spacial score (nSPS) is 11.3. The molecule has 0 radical (unpaired) electrons. The Balaban J connectivity index is 2.57. The highest BCUT2D eigenvalue weighted by atomic mass is 28.3. The third kappa shape index (κ3) is 3.33. The molecule has 2 aromatic rings. The smallest absolute Gasteiger partial charge is 0.127 e. The minimum atomic E-state index is -2.31. The summed E-state index contributed by atoms with van der Waals surface area (Å²) in [4.78, 5) is 23.8. The number of benzene rings is 2. The molecule has 0 spiro atoms. The monoisotopic (exact) mass is 350 g/mol. The average Bonchev–Trinajstić information content (AvgIpc) is 2.60. The Morgan fingerprint density at radius 1 is 0.625 bits per heavy atom. The van der Waals surface area contributed by atoms with Gasteiger partial charge in [-0.3, -0.25) is 0 Å². The Kier molecular flexibility index (Phi) is 5.38. The molecule has 0 aliphatic rings. The summed E-state index contributed by atoms with van der Waals surface area (Å²) in [7, 11) is -4.61. The van der Waals surface area contributed by atoms with Crippen LogP contribution >= 0.6 is 0 Å². The maximum atomic E-state index is 11.9. The SMILES string of the molecule is C[Si](C)(C(=C=O)C(=C=O)[Si](C)(C)c1ccccc1)c1ccccc1. The fraction of sp³-hybridized carbons (Fsp3) is 0.200. The van der Waals surface area contributed by atoms with Crippen molar-refractivity contribution in [3.05, 3.63) is 71.1 Å². The van der Waals surface area contributed by atoms with Crippen molar-refractivity contribution < 1.29 is 9.59 Å². The Morgan fingerprint density at radius 2 is 0.917 bits per heavy atom. The van der Waals surface area contributed by atoms with Gasteiger partial charge in [0.2, 0.25) is 0 Å². The van der Waals surface area contributed by atoms with Crippen molar-refractivity contribution in [3.8, 4) is 0 Å². The zero-order chi connectivity index (χ0) is 17.8. The molecule has 0 amide bonds. The molecule has 0 bridgehead atoms. The molecule has 2 nitrogen and oxygen atoms in total. The number of hydrogen-bond donors (Lipinski definition) is 0. The largest absolute Gasteiger partial charge is 0.234 e. The molecule has 0 heterocycles. The van der Waals surface area contributed by atoms with Gasteiger partial charge < -0.3 is 0 Å². The molecule has 0 atom stereocenters. The lowest BCUT2D eigenvalue weighted by atomic mass is 10.4. The van der Waals surface area contributed by atoms with E-state index >= 15 is 0 Å². The first-order chi connectivity index (χ1) is 11.4. The fourth-order valence-electron chi connectivity index (χ4n) is 2.98. The van der Waals surface area contributed by atoms with E-state index in [-0.39, 0.29) is 0 Å². The van der Waals surface area contributed by atoms with Crippen molar-refractivity contribution >= 4 is 38.4 Å². The molecule has 4 heteroatoms. The Bertz CT molecular complexity index is 740. The number of hydrogen-bond acceptors (Lipinski definition) is 2. The van der Waals surface area contributed by atoms with E-state index in [4.69, 9.17) is 0 Å². The molecule has 0 fully saturated rings. The quantitative estimate of drug-likeness (QED) is 0.472. The summed E-state index contributed by atoms with van der Waals surface area (Å²) in [6.45, 7) is 8.37. The zero-order valence-corrected chi connectivity index (χ0v) is 16.6. The van der Waals surface area contributed by atoms with Crippen molar-refractivity contribution in [3.63, 3.8) is 0 Å². The van der Waals surface area contributed by atoms with Crippen LogP contribution in [0.25, 0.3) is 0 Å². The lowest BCUT2D eigenvalue weighted by Gasteiger charge is -2.31. The van der Waals surface area contributed by atoms with Gasteiger partial charge in [-0.05, 0) is 0 Å². The predicted octanol–water partition coefficient (Wildman–Crippen LogP) is 2.81. The van der Waals surface area contributed by atoms with E-state index in [1.807, 2.05) is 60.7 Å². The van der Waals surface area contributed by atoms with Crippen LogP contribution < -0.4 is 10.4 Å². The van der Waals surface area contributed by atoms with Crippen LogP contribution in [-0.2, 0) is 9.59 Å². The van der Waals surface area contributed by atoms with E-state index in [0.29, 0.717) is 10.4 Å². The van der Waals surface area contributed by atoms with E-state index in [1.165, 1.54) is 0 Å². The topological polar surface area (TPSA) is 34.1 Å². The number of allylic oxidation sites excluding steroid dienone is 2. The van der Waals surface area contributed by atoms with Crippen LogP contribution in [0.2, 0.25) is 26.2 Å². The average molecular weight is 351 g/mol. The van der Waals surface area contributed by atoms with Crippen LogP contribution in [0, 0.1) is 0 Å². The zero-order valence-electron chi connectivity index (χ0n) is 14.6. The van der Waals surface area contributed by atoms with Crippen molar-refractivity contribution in [1.29, 1.82) is 0 Å². The van der Waals surface area contributed by atoms with E-state index in [9.17, 15) is 9.59 Å². The summed E-state index contributed by atoms with van der Waals surface area (Å²) in [6.07, 6.45) is 0. The first kappa shape index (κ1) is 18.1. The molecule has 0 aliphatic heterocycles. The fourth-order valence-corrected chi connectivity index (χ4v) is 9.35. The van der Waals surface area contributed by atoms with Crippen molar-refractivity contribution in [1.82, 2.24) is 0 Å². The molecule has 2 aromatic carbocycles. The lowest BCUT2D eigenvalue weighted by Crippen LogP contribution is -2.52. The van der Waals surface area contributed by atoms with Crippen molar-refractivity contribution in [2.45, 2.75) is 26.2 Å². The van der Waals surface area contributed by atoms with E-state index in [0.717, 1.165) is 10.4 Å². The highest BCUT2D eigenvalue weighted by Gasteiger charge is 2.40. The van der Waals surface area contributed by atoms with Gasteiger partial charge >= 0.3 is 0 Å². The molecule has 24 heavy (non-hydrogen) atoms. The number of rotatable bonds is 5. The van der Waals surface area contributed by atoms with Gasteiger partial charge in [0.15, 0.2) is 0 Å². The van der Waals surface area contributed by atoms with Gasteiger partial charge in [-0.15, -0.1) is 0 Å². The van der Waals surface area contributed by atoms with Crippen LogP contribution in [0.5, 0.6) is 0 Å². The standard InChI is InChI=1S/C20H22O2Si2/c1-23(2,17-11-7-5-8-12-17)19(15-21)20(16-22)24(3,4)18-13-9-6-10-14-18/h5-14H,1-4H3. The van der Waals surface area contributed by atoms with Gasteiger partial charge in [0.05, 0.1) is 0 Å². The minimum Gasteiger partial charge on any atom is -0.234 e. The molecule has 0 N–H and O–H groups in total. The second-order valence-electron chi connectivity index (χ2n) is 6.94. The molecule has 122 valence electrons. The maximum absolute atomic E-state index is 11.9. The minimum absolute atomic E-state index is 0.546. The van der Waals surface area contributed by atoms with Gasteiger partial charge in [0.1, 0.15) is 28.0 Å². The van der Waals surface area contributed by atoms with Gasteiger partial charge in [0, 0.05) is 10.4 Å². The Morgan fingerprint density at radius 3 is 1.17 bits per heavy atom. The second kappa shape index (κ2) is 7.12. The summed E-state index contributed by atoms with van der Waals surface area (Å²) in [5.74, 6) is 4.26. The van der Waals surface area contributed by atoms with E-state index < -0.39 is 16.1 Å². The number of carbonyl (C=O) groups excluding carboxylic acids is 2. The third-order valence-electron chi connectivity index (χ3n) is 4.70. The van der Waals surface area contributed by atoms with Gasteiger partial charge in [-0.2, -0.15) is 0 Å². The predicted molar refractivity (Wildman–Crippen MR) is 106 cm³/mol. The molecule has 0 aliphatic carbocycles. The summed E-state index contributed by atoms with van der Waals surface area (Å²) < 4.78 is 0. The Labute approximate surface area is 145 Å². The van der Waals surface area contributed by atoms with Gasteiger partial charge in [0.25, 0.3) is 0 Å². The second-order valence-corrected chi connectivity index (χ2v) is 15.6. The summed E-state index contributed by atoms with van der Waals surface area (Å²) >= 11 is 0. The summed E-state index contributed by atoms with van der Waals surface area (Å²) in [5.41, 5.74) is 0. The Hall–Kier alpha value is -2.23. The molecular formula is C20H22O2Si2. The van der Waals surface area contributed by atoms with Crippen LogP contribution in [-0.4, -0.2) is 28.0 Å². The van der Waals surface area contributed by atoms with Crippen molar-refractivity contribution in [2.75, 3.05) is 0 Å².